The Balaban J connectivity index is 1.89. The van der Waals surface area contributed by atoms with Crippen molar-refractivity contribution in [2.75, 3.05) is 33.4 Å². The van der Waals surface area contributed by atoms with Gasteiger partial charge in [0.05, 0.1) is 18.7 Å². The van der Waals surface area contributed by atoms with E-state index in [-0.39, 0.29) is 24.2 Å². The van der Waals surface area contributed by atoms with Gasteiger partial charge in [-0.15, -0.1) is 0 Å². The predicted molar refractivity (Wildman–Crippen MR) is 95.4 cm³/mol. The number of nitrogens with zero attached hydrogens (tertiary/aromatic N) is 2. The molecular formula is C18H26ClN3O2. The summed E-state index contributed by atoms with van der Waals surface area (Å²) in [6.07, 6.45) is 1.99. The number of hydrogen-bond donors (Lipinski definition) is 1. The molecule has 0 aromatic heterocycles. The van der Waals surface area contributed by atoms with Crippen molar-refractivity contribution in [1.82, 2.24) is 15.1 Å². The largest absolute Gasteiger partial charge is 0.383 e. The Bertz CT molecular complexity index is 577. The summed E-state index contributed by atoms with van der Waals surface area (Å²) >= 11 is 6.19. The predicted octanol–water partition coefficient (Wildman–Crippen LogP) is 2.91. The molecule has 0 bridgehead atoms. The van der Waals surface area contributed by atoms with Gasteiger partial charge in [0.2, 0.25) is 0 Å². The highest BCUT2D eigenvalue weighted by atomic mass is 35.5. The number of carbonyl (C=O) groups excluding carboxylic acids is 1. The molecular weight excluding hydrogens is 326 g/mol. The zero-order valence-electron chi connectivity index (χ0n) is 14.4. The smallest absolute Gasteiger partial charge is 0.321 e. The molecule has 1 aromatic rings. The molecule has 1 N–H and O–H groups in total. The van der Waals surface area contributed by atoms with E-state index in [2.05, 4.69) is 16.3 Å². The van der Waals surface area contributed by atoms with Crippen LogP contribution in [0.4, 0.5) is 4.79 Å². The van der Waals surface area contributed by atoms with E-state index >= 15 is 0 Å². The van der Waals surface area contributed by atoms with Crippen molar-refractivity contribution in [2.45, 2.75) is 37.9 Å². The summed E-state index contributed by atoms with van der Waals surface area (Å²) in [6.45, 7) is 5.21. The van der Waals surface area contributed by atoms with Crippen molar-refractivity contribution in [3.63, 3.8) is 0 Å². The second-order valence-corrected chi connectivity index (χ2v) is 7.13. The number of hydrogen-bond acceptors (Lipinski definition) is 3. The molecule has 2 aliphatic heterocycles. The third-order valence-electron chi connectivity index (χ3n) is 5.05. The van der Waals surface area contributed by atoms with Crippen LogP contribution in [-0.2, 0) is 4.74 Å². The van der Waals surface area contributed by atoms with Gasteiger partial charge in [0.1, 0.15) is 0 Å². The van der Waals surface area contributed by atoms with Crippen LogP contribution in [0, 0.1) is 0 Å². The summed E-state index contributed by atoms with van der Waals surface area (Å²) in [5, 5.41) is 4.09. The third kappa shape index (κ3) is 3.53. The maximum atomic E-state index is 13.1. The average Bonchev–Trinajstić information content (AvgIpc) is 2.93. The van der Waals surface area contributed by atoms with Crippen LogP contribution < -0.4 is 5.32 Å². The van der Waals surface area contributed by atoms with Crippen molar-refractivity contribution in [3.8, 4) is 0 Å². The van der Waals surface area contributed by atoms with E-state index in [0.717, 1.165) is 31.5 Å². The highest BCUT2D eigenvalue weighted by molar-refractivity contribution is 6.30. The first kappa shape index (κ1) is 17.5. The fraction of sp³-hybridized carbons (Fsp3) is 0.611. The fourth-order valence-electron chi connectivity index (χ4n) is 3.81. The molecule has 0 aliphatic carbocycles. The molecule has 2 aliphatic rings. The fourth-order valence-corrected chi connectivity index (χ4v) is 4.01. The Morgan fingerprint density at radius 3 is 2.79 bits per heavy atom. The number of piperidine rings is 1. The van der Waals surface area contributed by atoms with Gasteiger partial charge >= 0.3 is 6.03 Å². The molecule has 2 saturated heterocycles. The highest BCUT2D eigenvalue weighted by Gasteiger charge is 2.43. The second kappa shape index (κ2) is 7.72. The summed E-state index contributed by atoms with van der Waals surface area (Å²) in [5.41, 5.74) is 1.11. The van der Waals surface area contributed by atoms with E-state index in [1.807, 2.05) is 30.0 Å². The lowest BCUT2D eigenvalue weighted by Gasteiger charge is -2.35. The summed E-state index contributed by atoms with van der Waals surface area (Å²) < 4.78 is 5.26. The van der Waals surface area contributed by atoms with Gasteiger partial charge in [-0.2, -0.15) is 0 Å². The van der Waals surface area contributed by atoms with Crippen molar-refractivity contribution in [1.29, 1.82) is 0 Å². The molecule has 2 atom stereocenters. The molecule has 0 saturated carbocycles. The van der Waals surface area contributed by atoms with Gasteiger partial charge in [0, 0.05) is 24.7 Å². The summed E-state index contributed by atoms with van der Waals surface area (Å²) in [6, 6.07) is 8.42. The standard InChI is InChI=1S/C18H26ClN3O2/c1-13(12-24-2)21-11-17(14-4-3-5-15(19)10-14)22(18(21)23)16-6-8-20-9-7-16/h3-5,10,13,16-17,20H,6-9,11-12H2,1-2H3. The van der Waals surface area contributed by atoms with Crippen molar-refractivity contribution in [3.05, 3.63) is 34.9 Å². The lowest BCUT2D eigenvalue weighted by molar-refractivity contribution is 0.114. The number of carbonyl (C=O) groups is 1. The van der Waals surface area contributed by atoms with Gasteiger partial charge in [-0.05, 0) is 50.6 Å². The lowest BCUT2D eigenvalue weighted by atomic mass is 10.00. The van der Waals surface area contributed by atoms with Crippen molar-refractivity contribution in [2.24, 2.45) is 0 Å². The molecule has 2 heterocycles. The number of urea groups is 1. The summed E-state index contributed by atoms with van der Waals surface area (Å²) in [7, 11) is 1.68. The minimum Gasteiger partial charge on any atom is -0.383 e. The summed E-state index contributed by atoms with van der Waals surface area (Å²) in [5.74, 6) is 0. The van der Waals surface area contributed by atoms with Crippen LogP contribution in [0.2, 0.25) is 5.02 Å². The molecule has 5 nitrogen and oxygen atoms in total. The first-order valence-corrected chi connectivity index (χ1v) is 9.03. The number of nitrogens with one attached hydrogen (secondary N) is 1. The van der Waals surface area contributed by atoms with Gasteiger partial charge < -0.3 is 19.9 Å². The molecule has 2 amide bonds. The molecule has 132 valence electrons. The Kier molecular flexibility index (Phi) is 5.64. The molecule has 24 heavy (non-hydrogen) atoms. The maximum absolute atomic E-state index is 13.1. The topological polar surface area (TPSA) is 44.8 Å². The van der Waals surface area contributed by atoms with Gasteiger partial charge in [0.25, 0.3) is 0 Å². The van der Waals surface area contributed by atoms with E-state index < -0.39 is 0 Å². The number of benzene rings is 1. The SMILES string of the molecule is COCC(C)N1CC(c2cccc(Cl)c2)N(C2CCNCC2)C1=O. The Labute approximate surface area is 148 Å². The highest BCUT2D eigenvalue weighted by Crippen LogP contribution is 2.35. The number of methoxy groups -OCH3 is 1. The molecule has 1 aromatic carbocycles. The van der Waals surface area contributed by atoms with Crippen LogP contribution in [0.3, 0.4) is 0 Å². The van der Waals surface area contributed by atoms with Crippen LogP contribution >= 0.6 is 11.6 Å². The van der Waals surface area contributed by atoms with E-state index in [0.29, 0.717) is 18.2 Å². The lowest BCUT2D eigenvalue weighted by Crippen LogP contribution is -2.47. The minimum absolute atomic E-state index is 0.0543. The van der Waals surface area contributed by atoms with Crippen LogP contribution in [0.15, 0.2) is 24.3 Å². The van der Waals surface area contributed by atoms with Gasteiger partial charge in [0.15, 0.2) is 0 Å². The average molecular weight is 352 g/mol. The van der Waals surface area contributed by atoms with Crippen molar-refractivity contribution < 1.29 is 9.53 Å². The number of ether oxygens (including phenoxy) is 1. The van der Waals surface area contributed by atoms with E-state index in [4.69, 9.17) is 16.3 Å². The molecule has 0 spiro atoms. The second-order valence-electron chi connectivity index (χ2n) is 6.70. The maximum Gasteiger partial charge on any atom is 0.321 e. The molecule has 2 unspecified atom stereocenters. The number of amides is 2. The van der Waals surface area contributed by atoms with Gasteiger partial charge in [-0.1, -0.05) is 23.7 Å². The monoisotopic (exact) mass is 351 g/mol. The van der Waals surface area contributed by atoms with Crippen molar-refractivity contribution >= 4 is 17.6 Å². The third-order valence-corrected chi connectivity index (χ3v) is 5.28. The zero-order chi connectivity index (χ0) is 17.1. The Morgan fingerprint density at radius 1 is 1.38 bits per heavy atom. The van der Waals surface area contributed by atoms with Gasteiger partial charge in [-0.25, -0.2) is 4.79 Å². The molecule has 3 rings (SSSR count). The van der Waals surface area contributed by atoms with E-state index in [9.17, 15) is 4.79 Å². The van der Waals surface area contributed by atoms with Gasteiger partial charge in [-0.3, -0.25) is 0 Å². The quantitative estimate of drug-likeness (QED) is 0.887. The molecule has 6 heteroatoms. The molecule has 2 fully saturated rings. The van der Waals surface area contributed by atoms with E-state index in [1.165, 1.54) is 0 Å². The normalized spacial score (nSPS) is 23.8. The van der Waals surface area contributed by atoms with Crippen LogP contribution in [0.1, 0.15) is 31.4 Å². The molecule has 0 radical (unpaired) electrons. The van der Waals surface area contributed by atoms with E-state index in [1.54, 1.807) is 7.11 Å². The Morgan fingerprint density at radius 2 is 2.12 bits per heavy atom. The van der Waals surface area contributed by atoms with Crippen LogP contribution in [-0.4, -0.2) is 61.3 Å². The minimum atomic E-state index is 0.0543. The number of rotatable bonds is 5. The summed E-state index contributed by atoms with van der Waals surface area (Å²) in [4.78, 5) is 17.2. The van der Waals surface area contributed by atoms with Crippen LogP contribution in [0.5, 0.6) is 0 Å². The first-order chi connectivity index (χ1) is 11.6. The first-order valence-electron chi connectivity index (χ1n) is 8.66. The Hall–Kier alpha value is -1.30. The zero-order valence-corrected chi connectivity index (χ0v) is 15.1. The van der Waals surface area contributed by atoms with Crippen LogP contribution in [0.25, 0.3) is 0 Å². The number of halogens is 1.